The quantitative estimate of drug-likeness (QED) is 0.847. The highest BCUT2D eigenvalue weighted by molar-refractivity contribution is 7.92. The number of sulfonamides is 1. The summed E-state index contributed by atoms with van der Waals surface area (Å²) in [6.45, 7) is 1.71. The number of alkyl halides is 3. The topological polar surface area (TPSA) is 46.2 Å². The van der Waals surface area contributed by atoms with Gasteiger partial charge in [-0.1, -0.05) is 17.7 Å². The minimum absolute atomic E-state index is 0.264. The number of hydrogen-bond donors (Lipinski definition) is 1. The van der Waals surface area contributed by atoms with Crippen molar-refractivity contribution in [3.05, 3.63) is 59.2 Å². The molecule has 23 heavy (non-hydrogen) atoms. The molecule has 0 heterocycles. The van der Waals surface area contributed by atoms with Crippen LogP contribution < -0.4 is 4.72 Å². The van der Waals surface area contributed by atoms with E-state index >= 15 is 0 Å². The predicted molar refractivity (Wildman–Crippen MR) is 73.3 cm³/mol. The van der Waals surface area contributed by atoms with Gasteiger partial charge < -0.3 is 0 Å². The summed E-state index contributed by atoms with van der Waals surface area (Å²) in [6.07, 6.45) is -5.29. The maximum atomic E-state index is 13.9. The van der Waals surface area contributed by atoms with Gasteiger partial charge in [0.2, 0.25) is 0 Å². The van der Waals surface area contributed by atoms with Gasteiger partial charge in [-0.2, -0.15) is 13.2 Å². The number of nitrogens with one attached hydrogen (secondary N) is 1. The molecule has 0 aliphatic heterocycles. The van der Waals surface area contributed by atoms with Crippen LogP contribution in [0, 0.1) is 18.6 Å². The average Bonchev–Trinajstić information content (AvgIpc) is 2.41. The Balaban J connectivity index is 2.46. The Hall–Kier alpha value is -2.16. The van der Waals surface area contributed by atoms with E-state index in [1.165, 1.54) is 24.3 Å². The molecule has 0 fully saturated rings. The summed E-state index contributed by atoms with van der Waals surface area (Å²) in [6, 6.07) is 6.30. The Morgan fingerprint density at radius 2 is 1.52 bits per heavy atom. The third-order valence-electron chi connectivity index (χ3n) is 2.95. The number of aryl methyl sites for hydroxylation is 1. The lowest BCUT2D eigenvalue weighted by molar-refractivity contribution is -0.142. The number of anilines is 1. The van der Waals surface area contributed by atoms with Gasteiger partial charge in [0.05, 0.1) is 10.6 Å². The molecular formula is C14H10F5NO2S. The van der Waals surface area contributed by atoms with Crippen molar-refractivity contribution in [1.82, 2.24) is 0 Å². The summed E-state index contributed by atoms with van der Waals surface area (Å²) in [5.74, 6) is -3.85. The Morgan fingerprint density at radius 3 is 2.04 bits per heavy atom. The molecule has 2 aromatic carbocycles. The standard InChI is InChI=1S/C14H10F5NO2S/c1-8-2-4-9(5-3-8)23(21,22)20-11-7-6-10(15)12(13(11)16)14(17,18)19/h2-7,20H,1H3. The Bertz CT molecular complexity index is 829. The van der Waals surface area contributed by atoms with Crippen LogP contribution in [0.3, 0.4) is 0 Å². The Labute approximate surface area is 128 Å². The van der Waals surface area contributed by atoms with Gasteiger partial charge in [0.15, 0.2) is 5.82 Å². The summed E-state index contributed by atoms with van der Waals surface area (Å²) < 4.78 is 90.7. The maximum absolute atomic E-state index is 13.9. The molecule has 0 atom stereocenters. The highest BCUT2D eigenvalue weighted by Gasteiger charge is 2.39. The first-order valence-electron chi connectivity index (χ1n) is 6.17. The van der Waals surface area contributed by atoms with E-state index in [0.29, 0.717) is 12.1 Å². The van der Waals surface area contributed by atoms with Crippen molar-refractivity contribution in [3.8, 4) is 0 Å². The van der Waals surface area contributed by atoms with Gasteiger partial charge in [0.1, 0.15) is 11.4 Å². The summed E-state index contributed by atoms with van der Waals surface area (Å²) >= 11 is 0. The third-order valence-corrected chi connectivity index (χ3v) is 4.33. The lowest BCUT2D eigenvalue weighted by Gasteiger charge is -2.14. The molecule has 0 bridgehead atoms. The third kappa shape index (κ3) is 3.61. The van der Waals surface area contributed by atoms with Crippen LogP contribution in [0.5, 0.6) is 0 Å². The van der Waals surface area contributed by atoms with E-state index in [4.69, 9.17) is 0 Å². The summed E-state index contributed by atoms with van der Waals surface area (Å²) in [7, 11) is -4.31. The van der Waals surface area contributed by atoms with E-state index in [9.17, 15) is 30.4 Å². The molecule has 124 valence electrons. The van der Waals surface area contributed by atoms with Gasteiger partial charge >= 0.3 is 6.18 Å². The van der Waals surface area contributed by atoms with E-state index in [2.05, 4.69) is 0 Å². The van der Waals surface area contributed by atoms with E-state index in [-0.39, 0.29) is 4.90 Å². The maximum Gasteiger partial charge on any atom is 0.422 e. The highest BCUT2D eigenvalue weighted by Crippen LogP contribution is 2.36. The molecule has 2 rings (SSSR count). The number of hydrogen-bond acceptors (Lipinski definition) is 2. The van der Waals surface area contributed by atoms with Crippen LogP contribution in [-0.4, -0.2) is 8.42 Å². The van der Waals surface area contributed by atoms with Gasteiger partial charge in [-0.3, -0.25) is 4.72 Å². The van der Waals surface area contributed by atoms with Crippen LogP contribution in [0.4, 0.5) is 27.6 Å². The molecule has 9 heteroatoms. The monoisotopic (exact) mass is 351 g/mol. The second-order valence-corrected chi connectivity index (χ2v) is 6.38. The second-order valence-electron chi connectivity index (χ2n) is 4.70. The SMILES string of the molecule is Cc1ccc(S(=O)(=O)Nc2ccc(F)c(C(F)(F)F)c2F)cc1. The molecular weight excluding hydrogens is 341 g/mol. The minimum atomic E-state index is -5.29. The first-order valence-corrected chi connectivity index (χ1v) is 7.65. The largest absolute Gasteiger partial charge is 0.422 e. The lowest BCUT2D eigenvalue weighted by Crippen LogP contribution is -2.17. The fourth-order valence-corrected chi connectivity index (χ4v) is 2.87. The van der Waals surface area contributed by atoms with Crippen molar-refractivity contribution < 1.29 is 30.4 Å². The fraction of sp³-hybridized carbons (Fsp3) is 0.143. The van der Waals surface area contributed by atoms with Crippen LogP contribution in [0.15, 0.2) is 41.3 Å². The summed E-state index contributed by atoms with van der Waals surface area (Å²) in [4.78, 5) is -0.264. The molecule has 0 aliphatic carbocycles. The van der Waals surface area contributed by atoms with Gasteiger partial charge in [-0.15, -0.1) is 0 Å². The van der Waals surface area contributed by atoms with Crippen LogP contribution in [0.25, 0.3) is 0 Å². The van der Waals surface area contributed by atoms with Crippen molar-refractivity contribution in [2.75, 3.05) is 4.72 Å². The van der Waals surface area contributed by atoms with E-state index < -0.39 is 39.1 Å². The normalized spacial score (nSPS) is 12.3. The molecule has 2 aromatic rings. The molecule has 1 N–H and O–H groups in total. The molecule has 0 unspecified atom stereocenters. The number of halogens is 5. The van der Waals surface area contributed by atoms with Crippen LogP contribution in [0.2, 0.25) is 0 Å². The van der Waals surface area contributed by atoms with Gasteiger partial charge in [0.25, 0.3) is 10.0 Å². The highest BCUT2D eigenvalue weighted by atomic mass is 32.2. The minimum Gasteiger partial charge on any atom is -0.277 e. The zero-order chi connectivity index (χ0) is 17.4. The van der Waals surface area contributed by atoms with Gasteiger partial charge in [-0.25, -0.2) is 17.2 Å². The van der Waals surface area contributed by atoms with E-state index in [1.54, 1.807) is 11.6 Å². The number of benzene rings is 2. The Kier molecular flexibility index (Phi) is 4.34. The number of rotatable bonds is 3. The second kappa shape index (κ2) is 5.80. The van der Waals surface area contributed by atoms with Gasteiger partial charge in [0, 0.05) is 0 Å². The molecule has 0 radical (unpaired) electrons. The van der Waals surface area contributed by atoms with Crippen LogP contribution in [-0.2, 0) is 16.2 Å². The van der Waals surface area contributed by atoms with Crippen molar-refractivity contribution >= 4 is 15.7 Å². The lowest BCUT2D eigenvalue weighted by atomic mass is 10.1. The smallest absolute Gasteiger partial charge is 0.277 e. The summed E-state index contributed by atoms with van der Waals surface area (Å²) in [5, 5.41) is 0. The molecule has 0 aliphatic rings. The molecule has 0 aromatic heterocycles. The van der Waals surface area contributed by atoms with Crippen LogP contribution in [0.1, 0.15) is 11.1 Å². The van der Waals surface area contributed by atoms with Crippen molar-refractivity contribution in [2.24, 2.45) is 0 Å². The molecule has 3 nitrogen and oxygen atoms in total. The first-order chi connectivity index (χ1) is 10.5. The first kappa shape index (κ1) is 17.2. The van der Waals surface area contributed by atoms with Gasteiger partial charge in [-0.05, 0) is 31.2 Å². The molecule has 0 saturated carbocycles. The van der Waals surface area contributed by atoms with Crippen molar-refractivity contribution in [2.45, 2.75) is 18.0 Å². The molecule has 0 spiro atoms. The van der Waals surface area contributed by atoms with E-state index in [1.807, 2.05) is 0 Å². The zero-order valence-corrected chi connectivity index (χ0v) is 12.4. The predicted octanol–water partition coefficient (Wildman–Crippen LogP) is 4.09. The van der Waals surface area contributed by atoms with Crippen molar-refractivity contribution in [1.29, 1.82) is 0 Å². The molecule has 0 saturated heterocycles. The molecule has 0 amide bonds. The van der Waals surface area contributed by atoms with E-state index in [0.717, 1.165) is 5.56 Å². The van der Waals surface area contributed by atoms with Crippen molar-refractivity contribution in [3.63, 3.8) is 0 Å². The Morgan fingerprint density at radius 1 is 0.957 bits per heavy atom. The van der Waals surface area contributed by atoms with Crippen LogP contribution >= 0.6 is 0 Å². The summed E-state index contributed by atoms with van der Waals surface area (Å²) in [5.41, 5.74) is -2.38. The average molecular weight is 351 g/mol. The fourth-order valence-electron chi connectivity index (χ4n) is 1.81. The zero-order valence-electron chi connectivity index (χ0n) is 11.6.